The van der Waals surface area contributed by atoms with Crippen LogP contribution in [0.2, 0.25) is 0 Å². The van der Waals surface area contributed by atoms with Gasteiger partial charge in [-0.25, -0.2) is 0 Å². The van der Waals surface area contributed by atoms with Crippen LogP contribution in [-0.2, 0) is 7.05 Å². The SMILES string of the molecule is C/C(=N\NC(N)=S)c1c(O)c2ccccc2n(C)c1=O. The van der Waals surface area contributed by atoms with E-state index < -0.39 is 0 Å². The van der Waals surface area contributed by atoms with Crippen molar-refractivity contribution in [3.05, 3.63) is 40.2 Å². The number of benzene rings is 1. The first-order chi connectivity index (χ1) is 9.43. The number of aromatic hydroxyl groups is 1. The van der Waals surface area contributed by atoms with Crippen molar-refractivity contribution in [1.29, 1.82) is 0 Å². The number of hydrazone groups is 1. The molecule has 0 spiro atoms. The molecule has 4 N–H and O–H groups in total. The smallest absolute Gasteiger partial charge is 0.263 e. The normalized spacial score (nSPS) is 11.6. The molecule has 0 atom stereocenters. The number of pyridine rings is 1. The average molecular weight is 290 g/mol. The van der Waals surface area contributed by atoms with Crippen LogP contribution in [-0.4, -0.2) is 20.5 Å². The quantitative estimate of drug-likeness (QED) is 0.432. The maximum absolute atomic E-state index is 12.3. The van der Waals surface area contributed by atoms with Crippen molar-refractivity contribution in [2.24, 2.45) is 17.9 Å². The van der Waals surface area contributed by atoms with Crippen LogP contribution in [0.15, 0.2) is 34.2 Å². The second-order valence-electron chi connectivity index (χ2n) is 4.28. The van der Waals surface area contributed by atoms with E-state index in [1.807, 2.05) is 0 Å². The first-order valence-corrected chi connectivity index (χ1v) is 6.25. The molecule has 0 aliphatic carbocycles. The van der Waals surface area contributed by atoms with E-state index >= 15 is 0 Å². The van der Waals surface area contributed by atoms with Crippen molar-refractivity contribution in [2.45, 2.75) is 6.92 Å². The molecular weight excluding hydrogens is 276 g/mol. The van der Waals surface area contributed by atoms with E-state index in [9.17, 15) is 9.90 Å². The Morgan fingerprint density at radius 3 is 2.75 bits per heavy atom. The number of fused-ring (bicyclic) bond motifs is 1. The number of para-hydroxylation sites is 1. The van der Waals surface area contributed by atoms with Crippen LogP contribution >= 0.6 is 12.2 Å². The number of hydrogen-bond acceptors (Lipinski definition) is 4. The zero-order valence-corrected chi connectivity index (χ0v) is 11.9. The lowest BCUT2D eigenvalue weighted by atomic mass is 10.1. The van der Waals surface area contributed by atoms with Gasteiger partial charge in [-0.15, -0.1) is 0 Å². The van der Waals surface area contributed by atoms with Gasteiger partial charge in [0.05, 0.1) is 11.2 Å². The van der Waals surface area contributed by atoms with Crippen molar-refractivity contribution < 1.29 is 5.11 Å². The van der Waals surface area contributed by atoms with Crippen LogP contribution in [0.3, 0.4) is 0 Å². The standard InChI is InChI=1S/C13H14N4O2S/c1-7(15-16-13(14)20)10-11(18)8-5-3-4-6-9(8)17(2)12(10)19/h3-6,18H,1-2H3,(H3,14,16,20)/b15-7+. The number of aryl methyl sites for hydroxylation is 1. The Labute approximate surface area is 120 Å². The van der Waals surface area contributed by atoms with Crippen molar-refractivity contribution in [2.75, 3.05) is 0 Å². The number of nitrogens with zero attached hydrogens (tertiary/aromatic N) is 2. The van der Waals surface area contributed by atoms with Gasteiger partial charge in [0.1, 0.15) is 11.3 Å². The second-order valence-corrected chi connectivity index (χ2v) is 4.72. The van der Waals surface area contributed by atoms with Gasteiger partial charge in [0, 0.05) is 12.4 Å². The van der Waals surface area contributed by atoms with Crippen molar-refractivity contribution in [3.63, 3.8) is 0 Å². The van der Waals surface area contributed by atoms with Crippen LogP contribution in [0.1, 0.15) is 12.5 Å². The predicted octanol–water partition coefficient (Wildman–Crippen LogP) is 0.801. The van der Waals surface area contributed by atoms with Crippen molar-refractivity contribution >= 4 is 33.9 Å². The lowest BCUT2D eigenvalue weighted by molar-refractivity contribution is 0.478. The van der Waals surface area contributed by atoms with Gasteiger partial charge in [-0.1, -0.05) is 12.1 Å². The summed E-state index contributed by atoms with van der Waals surface area (Å²) in [5, 5.41) is 14.8. The molecule has 2 rings (SSSR count). The van der Waals surface area contributed by atoms with Gasteiger partial charge in [0.15, 0.2) is 5.11 Å². The fourth-order valence-corrected chi connectivity index (χ4v) is 2.05. The number of aromatic nitrogens is 1. The molecule has 20 heavy (non-hydrogen) atoms. The molecule has 104 valence electrons. The average Bonchev–Trinajstić information content (AvgIpc) is 2.43. The highest BCUT2D eigenvalue weighted by atomic mass is 32.1. The van der Waals surface area contributed by atoms with Gasteiger partial charge in [0.2, 0.25) is 0 Å². The van der Waals surface area contributed by atoms with Crippen LogP contribution < -0.4 is 16.7 Å². The summed E-state index contributed by atoms with van der Waals surface area (Å²) in [6.07, 6.45) is 0. The lowest BCUT2D eigenvalue weighted by Gasteiger charge is -2.11. The summed E-state index contributed by atoms with van der Waals surface area (Å²) in [7, 11) is 1.64. The number of thiocarbonyl (C=S) groups is 1. The molecule has 0 aliphatic rings. The van der Waals surface area contributed by atoms with Crippen molar-refractivity contribution in [3.8, 4) is 5.75 Å². The highest BCUT2D eigenvalue weighted by Crippen LogP contribution is 2.25. The molecule has 0 unspecified atom stereocenters. The zero-order valence-electron chi connectivity index (χ0n) is 11.0. The summed E-state index contributed by atoms with van der Waals surface area (Å²) in [5.41, 5.74) is 8.42. The maximum Gasteiger partial charge on any atom is 0.263 e. The summed E-state index contributed by atoms with van der Waals surface area (Å²) in [4.78, 5) is 12.3. The van der Waals surface area contributed by atoms with Crippen LogP contribution in [0.5, 0.6) is 5.75 Å². The molecule has 0 fully saturated rings. The molecule has 0 radical (unpaired) electrons. The highest BCUT2D eigenvalue weighted by Gasteiger charge is 2.16. The number of nitrogens with one attached hydrogen (secondary N) is 1. The predicted molar refractivity (Wildman–Crippen MR) is 83.0 cm³/mol. The monoisotopic (exact) mass is 290 g/mol. The fraction of sp³-hybridized carbons (Fsp3) is 0.154. The van der Waals surface area contributed by atoms with Gasteiger partial charge in [-0.3, -0.25) is 10.2 Å². The molecule has 0 saturated carbocycles. The molecule has 6 nitrogen and oxygen atoms in total. The third kappa shape index (κ3) is 2.35. The maximum atomic E-state index is 12.3. The minimum absolute atomic E-state index is 0.0125. The van der Waals surface area contributed by atoms with E-state index in [-0.39, 0.29) is 22.0 Å². The van der Waals surface area contributed by atoms with E-state index in [0.29, 0.717) is 16.6 Å². The molecule has 1 aromatic carbocycles. The Balaban J connectivity index is 2.74. The Morgan fingerprint density at radius 2 is 2.10 bits per heavy atom. The topological polar surface area (TPSA) is 92.6 Å². The Kier molecular flexibility index (Phi) is 3.71. The molecule has 1 aromatic heterocycles. The van der Waals surface area contributed by atoms with Gasteiger partial charge >= 0.3 is 0 Å². The molecule has 0 bridgehead atoms. The summed E-state index contributed by atoms with van der Waals surface area (Å²) in [5.74, 6) is -0.102. The van der Waals surface area contributed by atoms with Crippen molar-refractivity contribution in [1.82, 2.24) is 9.99 Å². The van der Waals surface area contributed by atoms with Crippen LogP contribution in [0.25, 0.3) is 10.9 Å². The first kappa shape index (κ1) is 14.0. The van der Waals surface area contributed by atoms with Gasteiger partial charge in [-0.05, 0) is 31.3 Å². The van der Waals surface area contributed by atoms with Crippen LogP contribution in [0.4, 0.5) is 0 Å². The molecule has 0 amide bonds. The Bertz CT molecular complexity index is 780. The molecule has 1 heterocycles. The summed E-state index contributed by atoms with van der Waals surface area (Å²) < 4.78 is 1.46. The number of rotatable bonds is 2. The fourth-order valence-electron chi connectivity index (χ4n) is 2.00. The summed E-state index contributed by atoms with van der Waals surface area (Å²) in [6, 6.07) is 7.09. The number of hydrogen-bond donors (Lipinski definition) is 3. The molecular formula is C13H14N4O2S. The third-order valence-corrected chi connectivity index (χ3v) is 3.06. The second kappa shape index (κ2) is 5.30. The van der Waals surface area contributed by atoms with Crippen LogP contribution in [0, 0.1) is 0 Å². The highest BCUT2D eigenvalue weighted by molar-refractivity contribution is 7.80. The third-order valence-electron chi connectivity index (χ3n) is 2.97. The van der Waals surface area contributed by atoms with E-state index in [2.05, 4.69) is 22.7 Å². The van der Waals surface area contributed by atoms with E-state index in [4.69, 9.17) is 5.73 Å². The van der Waals surface area contributed by atoms with E-state index in [1.165, 1.54) is 4.57 Å². The molecule has 2 aromatic rings. The molecule has 7 heteroatoms. The molecule has 0 aliphatic heterocycles. The summed E-state index contributed by atoms with van der Waals surface area (Å²) in [6.45, 7) is 1.59. The lowest BCUT2D eigenvalue weighted by Crippen LogP contribution is -2.28. The van der Waals surface area contributed by atoms with Gasteiger partial charge < -0.3 is 15.4 Å². The van der Waals surface area contributed by atoms with E-state index in [1.54, 1.807) is 38.2 Å². The first-order valence-electron chi connectivity index (χ1n) is 5.84. The molecule has 0 saturated heterocycles. The Morgan fingerprint density at radius 1 is 1.45 bits per heavy atom. The minimum atomic E-state index is -0.341. The zero-order chi connectivity index (χ0) is 14.9. The van der Waals surface area contributed by atoms with Gasteiger partial charge in [0.25, 0.3) is 5.56 Å². The Hall–Kier alpha value is -2.41. The minimum Gasteiger partial charge on any atom is -0.506 e. The number of nitrogens with two attached hydrogens (primary N) is 1. The van der Waals surface area contributed by atoms with E-state index in [0.717, 1.165) is 0 Å². The summed E-state index contributed by atoms with van der Waals surface area (Å²) >= 11 is 4.65. The largest absolute Gasteiger partial charge is 0.506 e. The van der Waals surface area contributed by atoms with Gasteiger partial charge in [-0.2, -0.15) is 5.10 Å².